The molecule has 3 rings (SSSR count). The molecule has 0 unspecified atom stereocenters. The molecule has 7 nitrogen and oxygen atoms in total. The maximum atomic E-state index is 12.4. The van der Waals surface area contributed by atoms with E-state index in [0.29, 0.717) is 39.2 Å². The van der Waals surface area contributed by atoms with Crippen LogP contribution in [0.1, 0.15) is 12.0 Å². The maximum Gasteiger partial charge on any atom is 0.214 e. The molecule has 0 radical (unpaired) electrons. The summed E-state index contributed by atoms with van der Waals surface area (Å²) >= 11 is 0. The molecule has 1 aromatic heterocycles. The van der Waals surface area contributed by atoms with Crippen LogP contribution in [0.15, 0.2) is 24.5 Å². The van der Waals surface area contributed by atoms with Gasteiger partial charge in [-0.3, -0.25) is 0 Å². The summed E-state index contributed by atoms with van der Waals surface area (Å²) in [7, 11) is -1.63. The van der Waals surface area contributed by atoms with Gasteiger partial charge in [0.1, 0.15) is 12.1 Å². The van der Waals surface area contributed by atoms with Crippen molar-refractivity contribution in [1.82, 2.24) is 14.3 Å². The molecule has 0 amide bonds. The van der Waals surface area contributed by atoms with Crippen molar-refractivity contribution in [2.45, 2.75) is 13.3 Å². The molecule has 1 aromatic carbocycles. The summed E-state index contributed by atoms with van der Waals surface area (Å²) in [5, 5.41) is 1.01. The van der Waals surface area contributed by atoms with Crippen molar-refractivity contribution in [2.24, 2.45) is 0 Å². The minimum absolute atomic E-state index is 0.135. The van der Waals surface area contributed by atoms with Crippen LogP contribution in [0.5, 0.6) is 0 Å². The standard InChI is InChI=1S/C17H24N4O3S/c1-14-4-5-16-15(12-14)17(19-13-18-16)20-6-8-21(9-7-20)25(22,23)11-3-10-24-2/h4-5,12-13H,3,6-11H2,1-2H3. The summed E-state index contributed by atoms with van der Waals surface area (Å²) in [5.74, 6) is 1.02. The Hall–Kier alpha value is -1.77. The highest BCUT2D eigenvalue weighted by molar-refractivity contribution is 7.89. The molecular weight excluding hydrogens is 340 g/mol. The van der Waals surface area contributed by atoms with Gasteiger partial charge in [-0.2, -0.15) is 4.31 Å². The number of aryl methyl sites for hydroxylation is 1. The van der Waals surface area contributed by atoms with Gasteiger partial charge < -0.3 is 9.64 Å². The molecule has 0 spiro atoms. The first kappa shape index (κ1) is 18.0. The Morgan fingerprint density at radius 1 is 1.16 bits per heavy atom. The molecule has 8 heteroatoms. The summed E-state index contributed by atoms with van der Waals surface area (Å²) in [4.78, 5) is 10.9. The molecule has 2 aromatic rings. The van der Waals surface area contributed by atoms with E-state index >= 15 is 0 Å². The largest absolute Gasteiger partial charge is 0.385 e. The second kappa shape index (κ2) is 7.63. The first-order chi connectivity index (χ1) is 12.0. The lowest BCUT2D eigenvalue weighted by atomic mass is 10.1. The summed E-state index contributed by atoms with van der Waals surface area (Å²) in [6, 6.07) is 6.11. The molecule has 0 bridgehead atoms. The zero-order valence-corrected chi connectivity index (χ0v) is 15.5. The maximum absolute atomic E-state index is 12.4. The van der Waals surface area contributed by atoms with E-state index < -0.39 is 10.0 Å². The number of rotatable bonds is 6. The predicted octanol–water partition coefficient (Wildman–Crippen LogP) is 1.43. The van der Waals surface area contributed by atoms with Crippen LogP contribution in [0.3, 0.4) is 0 Å². The van der Waals surface area contributed by atoms with Crippen molar-refractivity contribution in [2.75, 3.05) is 50.5 Å². The second-order valence-electron chi connectivity index (χ2n) is 6.27. The first-order valence-electron chi connectivity index (χ1n) is 8.44. The normalized spacial score (nSPS) is 16.5. The fourth-order valence-corrected chi connectivity index (χ4v) is 4.56. The molecule has 1 saturated heterocycles. The molecular formula is C17H24N4O3S. The lowest BCUT2D eigenvalue weighted by Gasteiger charge is -2.35. The highest BCUT2D eigenvalue weighted by Crippen LogP contribution is 2.25. The van der Waals surface area contributed by atoms with Gasteiger partial charge in [0.2, 0.25) is 10.0 Å². The SMILES string of the molecule is COCCCS(=O)(=O)N1CCN(c2ncnc3ccc(C)cc23)CC1. The number of aromatic nitrogens is 2. The van der Waals surface area contributed by atoms with E-state index in [0.717, 1.165) is 22.3 Å². The van der Waals surface area contributed by atoms with Gasteiger partial charge in [-0.05, 0) is 25.5 Å². The topological polar surface area (TPSA) is 75.6 Å². The third-order valence-corrected chi connectivity index (χ3v) is 6.41. The van der Waals surface area contributed by atoms with E-state index in [1.54, 1.807) is 17.7 Å². The third kappa shape index (κ3) is 4.08. The number of fused-ring (bicyclic) bond motifs is 1. The van der Waals surface area contributed by atoms with Crippen molar-refractivity contribution < 1.29 is 13.2 Å². The smallest absolute Gasteiger partial charge is 0.214 e. The number of hydrogen-bond donors (Lipinski definition) is 0. The van der Waals surface area contributed by atoms with Crippen LogP contribution in [-0.4, -0.2) is 68.3 Å². The van der Waals surface area contributed by atoms with E-state index in [4.69, 9.17) is 4.74 Å². The van der Waals surface area contributed by atoms with Gasteiger partial charge >= 0.3 is 0 Å². The fraction of sp³-hybridized carbons (Fsp3) is 0.529. The number of benzene rings is 1. The van der Waals surface area contributed by atoms with Crippen LogP contribution in [0, 0.1) is 6.92 Å². The molecule has 25 heavy (non-hydrogen) atoms. The van der Waals surface area contributed by atoms with Crippen molar-refractivity contribution in [1.29, 1.82) is 0 Å². The Bertz CT molecular complexity index is 833. The zero-order valence-electron chi connectivity index (χ0n) is 14.7. The van der Waals surface area contributed by atoms with Gasteiger partial charge in [-0.25, -0.2) is 18.4 Å². The Kier molecular flexibility index (Phi) is 5.51. The van der Waals surface area contributed by atoms with Crippen molar-refractivity contribution >= 4 is 26.7 Å². The van der Waals surface area contributed by atoms with Crippen molar-refractivity contribution in [3.8, 4) is 0 Å². The molecule has 1 fully saturated rings. The van der Waals surface area contributed by atoms with Crippen LogP contribution in [0.25, 0.3) is 10.9 Å². The van der Waals surface area contributed by atoms with Crippen LogP contribution >= 0.6 is 0 Å². The summed E-state index contributed by atoms with van der Waals surface area (Å²) in [5.41, 5.74) is 2.06. The Balaban J connectivity index is 1.72. The second-order valence-corrected chi connectivity index (χ2v) is 8.35. The molecule has 0 saturated carbocycles. The molecule has 2 heterocycles. The number of nitrogens with zero attached hydrogens (tertiary/aromatic N) is 4. The van der Waals surface area contributed by atoms with Gasteiger partial charge in [0.25, 0.3) is 0 Å². The molecule has 136 valence electrons. The van der Waals surface area contributed by atoms with E-state index in [1.165, 1.54) is 0 Å². The number of methoxy groups -OCH3 is 1. The van der Waals surface area contributed by atoms with Crippen molar-refractivity contribution in [3.63, 3.8) is 0 Å². The van der Waals surface area contributed by atoms with Crippen LogP contribution in [-0.2, 0) is 14.8 Å². The first-order valence-corrected chi connectivity index (χ1v) is 10.1. The van der Waals surface area contributed by atoms with Gasteiger partial charge in [0.15, 0.2) is 0 Å². The number of piperazine rings is 1. The molecule has 0 N–H and O–H groups in total. The van der Waals surface area contributed by atoms with Crippen LogP contribution in [0.2, 0.25) is 0 Å². The van der Waals surface area contributed by atoms with Gasteiger partial charge in [0.05, 0.1) is 11.3 Å². The summed E-state index contributed by atoms with van der Waals surface area (Å²) in [6.07, 6.45) is 2.09. The lowest BCUT2D eigenvalue weighted by molar-refractivity contribution is 0.199. The summed E-state index contributed by atoms with van der Waals surface area (Å²) < 4.78 is 31.3. The molecule has 1 aliphatic rings. The van der Waals surface area contributed by atoms with Gasteiger partial charge in [-0.1, -0.05) is 11.6 Å². The highest BCUT2D eigenvalue weighted by atomic mass is 32.2. The quantitative estimate of drug-likeness (QED) is 0.722. The Morgan fingerprint density at radius 3 is 2.64 bits per heavy atom. The molecule has 1 aliphatic heterocycles. The number of hydrogen-bond acceptors (Lipinski definition) is 6. The van der Waals surface area contributed by atoms with E-state index in [-0.39, 0.29) is 5.75 Å². The zero-order chi connectivity index (χ0) is 17.9. The number of sulfonamides is 1. The summed E-state index contributed by atoms with van der Waals surface area (Å²) in [6.45, 7) is 4.72. The number of anilines is 1. The minimum atomic E-state index is -3.22. The fourth-order valence-electron chi connectivity index (χ4n) is 3.10. The van der Waals surface area contributed by atoms with Crippen LogP contribution in [0.4, 0.5) is 5.82 Å². The van der Waals surface area contributed by atoms with Gasteiger partial charge in [-0.15, -0.1) is 0 Å². The predicted molar refractivity (Wildman–Crippen MR) is 98.3 cm³/mol. The molecule has 0 atom stereocenters. The van der Waals surface area contributed by atoms with Gasteiger partial charge in [0, 0.05) is 45.3 Å². The third-order valence-electron chi connectivity index (χ3n) is 4.45. The monoisotopic (exact) mass is 364 g/mol. The number of ether oxygens (including phenoxy) is 1. The van der Waals surface area contributed by atoms with E-state index in [1.807, 2.05) is 19.1 Å². The van der Waals surface area contributed by atoms with Crippen LogP contribution < -0.4 is 4.90 Å². The van der Waals surface area contributed by atoms with E-state index in [2.05, 4.69) is 20.9 Å². The van der Waals surface area contributed by atoms with Crippen molar-refractivity contribution in [3.05, 3.63) is 30.1 Å². The average molecular weight is 364 g/mol. The Morgan fingerprint density at radius 2 is 1.92 bits per heavy atom. The lowest BCUT2D eigenvalue weighted by Crippen LogP contribution is -2.49. The highest BCUT2D eigenvalue weighted by Gasteiger charge is 2.27. The minimum Gasteiger partial charge on any atom is -0.385 e. The van der Waals surface area contributed by atoms with E-state index in [9.17, 15) is 8.42 Å². The molecule has 0 aliphatic carbocycles. The average Bonchev–Trinajstić information content (AvgIpc) is 2.61. The Labute approximate surface area is 148 Å².